The van der Waals surface area contributed by atoms with Gasteiger partial charge in [-0.25, -0.2) is 0 Å². The first-order chi connectivity index (χ1) is 42.8. The molecule has 0 N–H and O–H groups in total. The molecule has 2 unspecified atom stereocenters. The highest BCUT2D eigenvalue weighted by atomic mass is 15.2. The van der Waals surface area contributed by atoms with Gasteiger partial charge in [0.1, 0.15) is 0 Å². The summed E-state index contributed by atoms with van der Waals surface area (Å²) in [6.45, 7) is 11.9. The number of hydrogen-bond donors (Lipinski definition) is 0. The monoisotopic (exact) mass is 1110 g/mol. The predicted octanol–water partition coefficient (Wildman–Crippen LogP) is 23.4. The first-order valence-electron chi connectivity index (χ1n) is 30.3. The van der Waals surface area contributed by atoms with Gasteiger partial charge in [0.05, 0.1) is 11.4 Å². The Labute approximate surface area is 511 Å². The molecule has 0 aromatic heterocycles. The Morgan fingerprint density at radius 1 is 0.299 bits per heavy atom. The van der Waals surface area contributed by atoms with Gasteiger partial charge in [-0.1, -0.05) is 281 Å². The molecule has 2 atom stereocenters. The zero-order valence-electron chi connectivity index (χ0n) is 49.2. The lowest BCUT2D eigenvalue weighted by molar-refractivity contribution is 0.376. The van der Waals surface area contributed by atoms with Crippen LogP contribution in [0.1, 0.15) is 54.2 Å². The summed E-state index contributed by atoms with van der Waals surface area (Å²) in [5.74, 6) is 0. The Kier molecular flexibility index (Phi) is 13.2. The smallest absolute Gasteiger partial charge is 0.0543 e. The van der Waals surface area contributed by atoms with E-state index in [4.69, 9.17) is 6.58 Å². The van der Waals surface area contributed by atoms with Crippen LogP contribution in [0, 0.1) is 0 Å². The minimum absolute atomic E-state index is 0.642. The molecular formula is C85H64N2. The van der Waals surface area contributed by atoms with Crippen molar-refractivity contribution in [3.63, 3.8) is 0 Å². The van der Waals surface area contributed by atoms with E-state index in [2.05, 4.69) is 352 Å². The van der Waals surface area contributed by atoms with Gasteiger partial charge in [0, 0.05) is 44.5 Å². The third-order valence-electron chi connectivity index (χ3n) is 18.9. The Balaban J connectivity index is 0.986. The Morgan fingerprint density at radius 3 is 1.00 bits per heavy atom. The molecule has 414 valence electrons. The second kappa shape index (κ2) is 21.7. The number of nitrogens with zero attached hydrogens (tertiary/aromatic N) is 2. The van der Waals surface area contributed by atoms with Crippen LogP contribution in [-0.2, 0) is 10.8 Å². The third-order valence-corrected chi connectivity index (χ3v) is 18.9. The molecule has 13 aromatic carbocycles. The summed E-state index contributed by atoms with van der Waals surface area (Å²) in [6.07, 6.45) is 6.59. The summed E-state index contributed by atoms with van der Waals surface area (Å²) in [7, 11) is 0. The summed E-state index contributed by atoms with van der Waals surface area (Å²) in [6, 6.07) is 112. The largest absolute Gasteiger partial charge is 0.310 e. The van der Waals surface area contributed by atoms with Crippen LogP contribution in [-0.4, -0.2) is 0 Å². The van der Waals surface area contributed by atoms with Gasteiger partial charge >= 0.3 is 0 Å². The van der Waals surface area contributed by atoms with Gasteiger partial charge in [-0.2, -0.15) is 0 Å². The zero-order valence-corrected chi connectivity index (χ0v) is 49.2. The first kappa shape index (κ1) is 53.0. The van der Waals surface area contributed by atoms with Gasteiger partial charge in [-0.05, 0) is 168 Å². The van der Waals surface area contributed by atoms with E-state index in [1.165, 1.54) is 99.8 Å². The maximum Gasteiger partial charge on any atom is 0.0543 e. The van der Waals surface area contributed by atoms with E-state index in [0.717, 1.165) is 45.3 Å². The molecule has 0 spiro atoms. The molecule has 0 saturated carbocycles. The van der Waals surface area contributed by atoms with Crippen molar-refractivity contribution >= 4 is 57.0 Å². The summed E-state index contributed by atoms with van der Waals surface area (Å²) in [5, 5.41) is 2.41. The lowest BCUT2D eigenvalue weighted by Gasteiger charge is -2.46. The van der Waals surface area contributed by atoms with Crippen molar-refractivity contribution in [1.29, 1.82) is 0 Å². The second-order valence-electron chi connectivity index (χ2n) is 23.4. The van der Waals surface area contributed by atoms with Gasteiger partial charge in [0.15, 0.2) is 0 Å². The lowest BCUT2D eigenvalue weighted by atomic mass is 9.56. The fourth-order valence-electron chi connectivity index (χ4n) is 14.6. The molecule has 2 heteroatoms. The van der Waals surface area contributed by atoms with E-state index in [-0.39, 0.29) is 0 Å². The number of rotatable bonds is 13. The number of allylic oxidation sites excluding steroid dienone is 1. The standard InChI is InChI=1S/C85H64N2/c1-5-25-71-70(6-2)82-74-36-21-23-38-76(74)84(3,78(82)56-80(71)86(66-48-40-62(41-49-66)58-26-11-7-12-27-58)67-50-42-63(43-51-67)59-28-13-8-14-29-59)85(4)77-39-24-22-37-75(77)83-73-35-20-19-34-72(73)81(57-79(83)85)87(68-52-44-64(45-53-68)60-30-15-9-16-31-60)69-54-46-65(47-55-69)61-32-17-10-18-33-61/h5-57H,2H2,1,3-4H3/b25-5-. The maximum absolute atomic E-state index is 4.70. The highest BCUT2D eigenvalue weighted by molar-refractivity contribution is 6.11. The van der Waals surface area contributed by atoms with Crippen molar-refractivity contribution in [1.82, 2.24) is 0 Å². The molecule has 0 aliphatic heterocycles. The Bertz CT molecular complexity index is 4570. The summed E-state index contributed by atoms with van der Waals surface area (Å²) >= 11 is 0. The van der Waals surface area contributed by atoms with Crippen LogP contribution < -0.4 is 9.80 Å². The van der Waals surface area contributed by atoms with Gasteiger partial charge < -0.3 is 9.80 Å². The van der Waals surface area contributed by atoms with E-state index >= 15 is 0 Å². The molecule has 0 radical (unpaired) electrons. The molecule has 0 fully saturated rings. The van der Waals surface area contributed by atoms with Gasteiger partial charge in [-0.15, -0.1) is 0 Å². The number of benzene rings is 13. The number of hydrogen-bond acceptors (Lipinski definition) is 2. The van der Waals surface area contributed by atoms with E-state index in [1.807, 2.05) is 0 Å². The first-order valence-corrected chi connectivity index (χ1v) is 30.3. The van der Waals surface area contributed by atoms with Crippen LogP contribution in [0.4, 0.5) is 34.1 Å². The molecule has 0 heterocycles. The van der Waals surface area contributed by atoms with Crippen LogP contribution in [0.15, 0.2) is 316 Å². The SMILES string of the molecule is C=Cc1c(/C=C\C)c(N(c2ccc(-c3ccccc3)cc2)c2ccc(-c3ccccc3)cc2)cc2c1-c1ccccc1C2(C)C1(C)c2ccccc2-c2c1cc(N(c1ccc(-c3ccccc3)cc1)c1ccc(-c3ccccc3)cc1)c1ccccc21. The fraction of sp³-hybridized carbons (Fsp3) is 0.0588. The highest BCUT2D eigenvalue weighted by Crippen LogP contribution is 2.68. The summed E-state index contributed by atoms with van der Waals surface area (Å²) < 4.78 is 0. The molecule has 0 bridgehead atoms. The third kappa shape index (κ3) is 8.62. The highest BCUT2D eigenvalue weighted by Gasteiger charge is 2.58. The van der Waals surface area contributed by atoms with Crippen molar-refractivity contribution < 1.29 is 0 Å². The molecule has 2 aliphatic rings. The van der Waals surface area contributed by atoms with Crippen LogP contribution in [0.2, 0.25) is 0 Å². The fourth-order valence-corrected chi connectivity index (χ4v) is 14.6. The minimum atomic E-state index is -0.652. The van der Waals surface area contributed by atoms with E-state index in [0.29, 0.717) is 0 Å². The molecule has 0 amide bonds. The van der Waals surface area contributed by atoms with Crippen LogP contribution in [0.5, 0.6) is 0 Å². The predicted molar refractivity (Wildman–Crippen MR) is 370 cm³/mol. The zero-order chi connectivity index (χ0) is 58.6. The molecule has 2 nitrogen and oxygen atoms in total. The van der Waals surface area contributed by atoms with Crippen LogP contribution in [0.3, 0.4) is 0 Å². The minimum Gasteiger partial charge on any atom is -0.310 e. The topological polar surface area (TPSA) is 6.48 Å². The van der Waals surface area contributed by atoms with Gasteiger partial charge in [0.2, 0.25) is 0 Å². The lowest BCUT2D eigenvalue weighted by Crippen LogP contribution is -2.44. The Hall–Kier alpha value is -10.8. The molecule has 13 aromatic rings. The van der Waals surface area contributed by atoms with E-state index in [9.17, 15) is 0 Å². The number of fused-ring (bicyclic) bond motifs is 8. The van der Waals surface area contributed by atoms with Gasteiger partial charge in [-0.3, -0.25) is 0 Å². The molecule has 15 rings (SSSR count). The molecule has 87 heavy (non-hydrogen) atoms. The second-order valence-corrected chi connectivity index (χ2v) is 23.4. The van der Waals surface area contributed by atoms with Gasteiger partial charge in [0.25, 0.3) is 0 Å². The van der Waals surface area contributed by atoms with Crippen LogP contribution in [0.25, 0.3) is 89.7 Å². The Morgan fingerprint density at radius 2 is 0.609 bits per heavy atom. The van der Waals surface area contributed by atoms with Crippen molar-refractivity contribution in [3.8, 4) is 66.8 Å². The molecule has 2 aliphatic carbocycles. The average molecular weight is 1110 g/mol. The van der Waals surface area contributed by atoms with Crippen molar-refractivity contribution in [2.45, 2.75) is 31.6 Å². The molecular weight excluding hydrogens is 1050 g/mol. The number of anilines is 6. The summed E-state index contributed by atoms with van der Waals surface area (Å²) in [4.78, 5) is 4.97. The van der Waals surface area contributed by atoms with Crippen molar-refractivity contribution in [2.75, 3.05) is 9.80 Å². The molecule has 0 saturated heterocycles. The van der Waals surface area contributed by atoms with E-state index in [1.54, 1.807) is 0 Å². The van der Waals surface area contributed by atoms with Crippen molar-refractivity contribution in [3.05, 3.63) is 349 Å². The summed E-state index contributed by atoms with van der Waals surface area (Å²) in [5.41, 5.74) is 27.0. The maximum atomic E-state index is 4.70. The quantitative estimate of drug-likeness (QED) is 0.114. The van der Waals surface area contributed by atoms with Crippen LogP contribution >= 0.6 is 0 Å². The van der Waals surface area contributed by atoms with Crippen molar-refractivity contribution in [2.24, 2.45) is 0 Å². The average Bonchev–Trinajstić information content (AvgIpc) is 1.51. The normalized spacial score (nSPS) is 15.4. The van der Waals surface area contributed by atoms with E-state index < -0.39 is 10.8 Å².